The van der Waals surface area contributed by atoms with Crippen LogP contribution in [0, 0.1) is 5.41 Å². The van der Waals surface area contributed by atoms with E-state index in [1.165, 1.54) is 12.8 Å². The SMILES string of the molecule is CCCNCC(C)(C)CN(C)CCCCCO. The second kappa shape index (κ2) is 9.86. The number of rotatable bonds is 11. The maximum atomic E-state index is 8.72. The lowest BCUT2D eigenvalue weighted by Gasteiger charge is -2.30. The lowest BCUT2D eigenvalue weighted by Crippen LogP contribution is -2.39. The summed E-state index contributed by atoms with van der Waals surface area (Å²) in [6.45, 7) is 11.6. The molecule has 0 radical (unpaired) electrons. The maximum absolute atomic E-state index is 8.72. The van der Waals surface area contributed by atoms with Crippen molar-refractivity contribution in [1.29, 1.82) is 0 Å². The van der Waals surface area contributed by atoms with Gasteiger partial charge in [0, 0.05) is 19.7 Å². The molecule has 0 saturated carbocycles. The van der Waals surface area contributed by atoms with Gasteiger partial charge in [0.05, 0.1) is 0 Å². The van der Waals surface area contributed by atoms with E-state index in [1.807, 2.05) is 0 Å². The Morgan fingerprint density at radius 2 is 1.88 bits per heavy atom. The van der Waals surface area contributed by atoms with Crippen LogP contribution in [0.1, 0.15) is 46.5 Å². The minimum absolute atomic E-state index is 0.330. The van der Waals surface area contributed by atoms with Crippen LogP contribution in [0.2, 0.25) is 0 Å². The lowest BCUT2D eigenvalue weighted by molar-refractivity contribution is 0.199. The van der Waals surface area contributed by atoms with Crippen LogP contribution in [0.15, 0.2) is 0 Å². The summed E-state index contributed by atoms with van der Waals surface area (Å²) in [7, 11) is 2.19. The highest BCUT2D eigenvalue weighted by atomic mass is 16.2. The summed E-state index contributed by atoms with van der Waals surface area (Å²) >= 11 is 0. The number of hydrogen-bond acceptors (Lipinski definition) is 3. The molecule has 0 aliphatic rings. The second-order valence-corrected chi connectivity index (χ2v) is 5.86. The Labute approximate surface area is 108 Å². The Bertz CT molecular complexity index is 172. The third kappa shape index (κ3) is 10.7. The van der Waals surface area contributed by atoms with E-state index in [0.29, 0.717) is 12.0 Å². The molecule has 0 aromatic carbocycles. The number of nitrogens with one attached hydrogen (secondary N) is 1. The molecule has 0 spiro atoms. The van der Waals surface area contributed by atoms with Gasteiger partial charge < -0.3 is 15.3 Å². The monoisotopic (exact) mass is 244 g/mol. The van der Waals surface area contributed by atoms with E-state index in [9.17, 15) is 0 Å². The predicted molar refractivity (Wildman–Crippen MR) is 75.4 cm³/mol. The van der Waals surface area contributed by atoms with E-state index in [2.05, 4.69) is 38.0 Å². The van der Waals surface area contributed by atoms with Crippen molar-refractivity contribution in [2.24, 2.45) is 5.41 Å². The number of aliphatic hydroxyl groups excluding tert-OH is 1. The van der Waals surface area contributed by atoms with Crippen LogP contribution in [0.4, 0.5) is 0 Å². The number of hydrogen-bond donors (Lipinski definition) is 2. The summed E-state index contributed by atoms with van der Waals surface area (Å²) in [5.41, 5.74) is 0.334. The molecule has 104 valence electrons. The van der Waals surface area contributed by atoms with Crippen LogP contribution in [0.3, 0.4) is 0 Å². The van der Waals surface area contributed by atoms with Crippen molar-refractivity contribution in [3.63, 3.8) is 0 Å². The summed E-state index contributed by atoms with van der Waals surface area (Å²) in [6, 6.07) is 0. The highest BCUT2D eigenvalue weighted by Gasteiger charge is 2.19. The van der Waals surface area contributed by atoms with Crippen molar-refractivity contribution in [1.82, 2.24) is 10.2 Å². The topological polar surface area (TPSA) is 35.5 Å². The van der Waals surface area contributed by atoms with Gasteiger partial charge in [-0.05, 0) is 51.2 Å². The lowest BCUT2D eigenvalue weighted by atomic mass is 9.92. The van der Waals surface area contributed by atoms with Gasteiger partial charge in [-0.25, -0.2) is 0 Å². The van der Waals surface area contributed by atoms with Crippen LogP contribution in [-0.4, -0.2) is 49.8 Å². The Morgan fingerprint density at radius 3 is 2.47 bits per heavy atom. The van der Waals surface area contributed by atoms with Crippen LogP contribution in [-0.2, 0) is 0 Å². The molecule has 0 bridgehead atoms. The van der Waals surface area contributed by atoms with Crippen molar-refractivity contribution in [3.8, 4) is 0 Å². The van der Waals surface area contributed by atoms with E-state index in [1.54, 1.807) is 0 Å². The van der Waals surface area contributed by atoms with Crippen LogP contribution in [0.5, 0.6) is 0 Å². The predicted octanol–water partition coefficient (Wildman–Crippen LogP) is 2.11. The molecule has 0 unspecified atom stereocenters. The van der Waals surface area contributed by atoms with Gasteiger partial charge in [0.25, 0.3) is 0 Å². The van der Waals surface area contributed by atoms with Crippen LogP contribution < -0.4 is 5.32 Å². The molecule has 2 N–H and O–H groups in total. The summed E-state index contributed by atoms with van der Waals surface area (Å²) in [5, 5.41) is 12.2. The Kier molecular flexibility index (Phi) is 9.79. The molecule has 0 aromatic heterocycles. The zero-order valence-corrected chi connectivity index (χ0v) is 12.3. The number of aliphatic hydroxyl groups is 1. The minimum atomic E-state index is 0.330. The van der Waals surface area contributed by atoms with Gasteiger partial charge in [-0.1, -0.05) is 20.8 Å². The van der Waals surface area contributed by atoms with Crippen LogP contribution >= 0.6 is 0 Å². The van der Waals surface area contributed by atoms with Gasteiger partial charge in [-0.3, -0.25) is 0 Å². The molecule has 3 nitrogen and oxygen atoms in total. The molecular weight excluding hydrogens is 212 g/mol. The first-order chi connectivity index (χ1) is 8.02. The minimum Gasteiger partial charge on any atom is -0.396 e. The Balaban J connectivity index is 3.64. The second-order valence-electron chi connectivity index (χ2n) is 5.86. The molecule has 0 aromatic rings. The maximum Gasteiger partial charge on any atom is 0.0431 e. The van der Waals surface area contributed by atoms with Crippen molar-refractivity contribution >= 4 is 0 Å². The molecule has 0 atom stereocenters. The molecule has 0 heterocycles. The first-order valence-corrected chi connectivity index (χ1v) is 7.02. The van der Waals surface area contributed by atoms with Crippen molar-refractivity contribution in [2.75, 3.05) is 39.8 Å². The average molecular weight is 244 g/mol. The summed E-state index contributed by atoms with van der Waals surface area (Å²) in [5.74, 6) is 0. The molecule has 0 rings (SSSR count). The van der Waals surface area contributed by atoms with Crippen molar-refractivity contribution in [2.45, 2.75) is 46.5 Å². The molecule has 17 heavy (non-hydrogen) atoms. The standard InChI is InChI=1S/C14H32N2O/c1-5-9-15-12-14(2,3)13-16(4)10-7-6-8-11-17/h15,17H,5-13H2,1-4H3. The molecule has 0 aliphatic carbocycles. The molecule has 3 heteroatoms. The zero-order chi connectivity index (χ0) is 13.1. The molecule has 0 fully saturated rings. The Hall–Kier alpha value is -0.120. The van der Waals surface area contributed by atoms with Crippen molar-refractivity contribution in [3.05, 3.63) is 0 Å². The van der Waals surface area contributed by atoms with Crippen LogP contribution in [0.25, 0.3) is 0 Å². The first-order valence-electron chi connectivity index (χ1n) is 7.02. The van der Waals surface area contributed by atoms with E-state index in [-0.39, 0.29) is 0 Å². The highest BCUT2D eigenvalue weighted by molar-refractivity contribution is 4.75. The summed E-state index contributed by atoms with van der Waals surface area (Å²) in [6.07, 6.45) is 4.47. The third-order valence-corrected chi connectivity index (χ3v) is 2.93. The smallest absolute Gasteiger partial charge is 0.0431 e. The van der Waals surface area contributed by atoms with Gasteiger partial charge in [0.1, 0.15) is 0 Å². The molecular formula is C14H32N2O. The van der Waals surface area contributed by atoms with Gasteiger partial charge in [0.15, 0.2) is 0 Å². The van der Waals surface area contributed by atoms with Gasteiger partial charge >= 0.3 is 0 Å². The third-order valence-electron chi connectivity index (χ3n) is 2.93. The fourth-order valence-electron chi connectivity index (χ4n) is 2.14. The summed E-state index contributed by atoms with van der Waals surface area (Å²) in [4.78, 5) is 2.41. The van der Waals surface area contributed by atoms with Gasteiger partial charge in [-0.2, -0.15) is 0 Å². The average Bonchev–Trinajstić information content (AvgIpc) is 2.24. The normalized spacial score (nSPS) is 12.4. The number of nitrogens with zero attached hydrogens (tertiary/aromatic N) is 1. The fourth-order valence-corrected chi connectivity index (χ4v) is 2.14. The number of unbranched alkanes of at least 4 members (excludes halogenated alkanes) is 2. The van der Waals surface area contributed by atoms with E-state index in [4.69, 9.17) is 5.11 Å². The largest absolute Gasteiger partial charge is 0.396 e. The van der Waals surface area contributed by atoms with E-state index in [0.717, 1.165) is 39.0 Å². The fraction of sp³-hybridized carbons (Fsp3) is 1.00. The van der Waals surface area contributed by atoms with E-state index >= 15 is 0 Å². The van der Waals surface area contributed by atoms with E-state index < -0.39 is 0 Å². The quantitative estimate of drug-likeness (QED) is 0.546. The molecule has 0 amide bonds. The molecule has 0 aliphatic heterocycles. The highest BCUT2D eigenvalue weighted by Crippen LogP contribution is 2.15. The zero-order valence-electron chi connectivity index (χ0n) is 12.3. The van der Waals surface area contributed by atoms with Crippen molar-refractivity contribution < 1.29 is 5.11 Å². The van der Waals surface area contributed by atoms with Gasteiger partial charge in [-0.15, -0.1) is 0 Å². The Morgan fingerprint density at radius 1 is 1.18 bits per heavy atom. The molecule has 0 saturated heterocycles. The van der Waals surface area contributed by atoms with Gasteiger partial charge in [0.2, 0.25) is 0 Å². The first kappa shape index (κ1) is 16.9. The summed E-state index contributed by atoms with van der Waals surface area (Å²) < 4.78 is 0.